The van der Waals surface area contributed by atoms with Gasteiger partial charge in [0.25, 0.3) is 5.91 Å². The van der Waals surface area contributed by atoms with Crippen molar-refractivity contribution in [2.75, 3.05) is 12.4 Å². The van der Waals surface area contributed by atoms with Crippen molar-refractivity contribution in [3.63, 3.8) is 0 Å². The van der Waals surface area contributed by atoms with Crippen LogP contribution in [0.2, 0.25) is 25.1 Å². The van der Waals surface area contributed by atoms with Gasteiger partial charge in [0.2, 0.25) is 0 Å². The van der Waals surface area contributed by atoms with Crippen molar-refractivity contribution in [2.24, 2.45) is 0 Å². The number of amides is 1. The number of hydrogen-bond donors (Lipinski definition) is 2. The highest BCUT2D eigenvalue weighted by Gasteiger charge is 2.29. The number of nitrogens with one attached hydrogen (secondary N) is 1. The summed E-state index contributed by atoms with van der Waals surface area (Å²) in [5.74, 6) is -2.08. The Labute approximate surface area is 167 Å². The van der Waals surface area contributed by atoms with E-state index in [0.29, 0.717) is 5.02 Å². The lowest BCUT2D eigenvalue weighted by molar-refractivity contribution is 0.0692. The molecule has 0 atom stereocenters. The lowest BCUT2D eigenvalue weighted by Crippen LogP contribution is -2.18. The molecule has 0 aromatic heterocycles. The van der Waals surface area contributed by atoms with Crippen molar-refractivity contribution in [1.29, 1.82) is 0 Å². The van der Waals surface area contributed by atoms with Crippen LogP contribution in [0.15, 0.2) is 18.2 Å². The van der Waals surface area contributed by atoms with Gasteiger partial charge in [-0.15, -0.1) is 0 Å². The van der Waals surface area contributed by atoms with E-state index in [1.54, 1.807) is 0 Å². The highest BCUT2D eigenvalue weighted by atomic mass is 35.5. The number of rotatable bonds is 4. The zero-order chi connectivity index (χ0) is 18.9. The Morgan fingerprint density at radius 3 is 2.04 bits per heavy atom. The van der Waals surface area contributed by atoms with Crippen molar-refractivity contribution in [2.45, 2.75) is 0 Å². The molecule has 0 radical (unpaired) electrons. The van der Waals surface area contributed by atoms with Crippen molar-refractivity contribution in [3.05, 3.63) is 54.4 Å². The topological polar surface area (TPSA) is 75.6 Å². The van der Waals surface area contributed by atoms with Crippen LogP contribution in [-0.2, 0) is 0 Å². The molecule has 1 amide bonds. The Hall–Kier alpha value is -1.37. The van der Waals surface area contributed by atoms with Gasteiger partial charge < -0.3 is 15.2 Å². The zero-order valence-corrected chi connectivity index (χ0v) is 16.1. The van der Waals surface area contributed by atoms with E-state index in [2.05, 4.69) is 5.32 Å². The van der Waals surface area contributed by atoms with Crippen LogP contribution in [0.3, 0.4) is 0 Å². The molecule has 0 saturated heterocycles. The summed E-state index contributed by atoms with van der Waals surface area (Å²) < 4.78 is 5.12. The van der Waals surface area contributed by atoms with Crippen molar-refractivity contribution in [1.82, 2.24) is 0 Å². The van der Waals surface area contributed by atoms with Gasteiger partial charge in [0, 0.05) is 11.1 Å². The van der Waals surface area contributed by atoms with Gasteiger partial charge >= 0.3 is 5.97 Å². The molecule has 0 heterocycles. The van der Waals surface area contributed by atoms with Crippen LogP contribution in [0, 0.1) is 0 Å². The van der Waals surface area contributed by atoms with Gasteiger partial charge in [0.15, 0.2) is 0 Å². The standard InChI is InChI=1S/C15H8Cl5NO4/c1-25-7-4-5(16)2-3-6(7)21-14(22)8-9(15(23)24)11(18)13(20)12(19)10(8)17/h2-4H,1H3,(H,21,22)(H,23,24). The van der Waals surface area contributed by atoms with Crippen LogP contribution < -0.4 is 10.1 Å². The van der Waals surface area contributed by atoms with Gasteiger partial charge in [-0.2, -0.15) is 0 Å². The second-order valence-corrected chi connectivity index (χ2v) is 6.56. The maximum absolute atomic E-state index is 12.6. The van der Waals surface area contributed by atoms with Gasteiger partial charge in [0.05, 0.1) is 44.0 Å². The number of halogens is 5. The van der Waals surface area contributed by atoms with Crippen LogP contribution in [0.25, 0.3) is 0 Å². The first-order valence-electron chi connectivity index (χ1n) is 6.43. The summed E-state index contributed by atoms with van der Waals surface area (Å²) in [6, 6.07) is 4.46. The first kappa shape index (κ1) is 19.9. The molecule has 0 aliphatic carbocycles. The molecule has 0 fully saturated rings. The maximum Gasteiger partial charge on any atom is 0.338 e. The fourth-order valence-electron chi connectivity index (χ4n) is 2.00. The summed E-state index contributed by atoms with van der Waals surface area (Å²) in [5.41, 5.74) is -0.747. The smallest absolute Gasteiger partial charge is 0.338 e. The summed E-state index contributed by atoms with van der Waals surface area (Å²) in [6.07, 6.45) is 0. The predicted octanol–water partition coefficient (Wildman–Crippen LogP) is 5.91. The molecule has 0 unspecified atom stereocenters. The van der Waals surface area contributed by atoms with Gasteiger partial charge in [-0.05, 0) is 12.1 Å². The molecule has 25 heavy (non-hydrogen) atoms. The fraction of sp³-hybridized carbons (Fsp3) is 0.0667. The zero-order valence-electron chi connectivity index (χ0n) is 12.3. The van der Waals surface area contributed by atoms with Crippen LogP contribution in [-0.4, -0.2) is 24.1 Å². The van der Waals surface area contributed by atoms with E-state index in [0.717, 1.165) is 0 Å². The summed E-state index contributed by atoms with van der Waals surface area (Å²) in [4.78, 5) is 24.1. The minimum Gasteiger partial charge on any atom is -0.495 e. The van der Waals surface area contributed by atoms with Crippen LogP contribution in [0.5, 0.6) is 5.75 Å². The Morgan fingerprint density at radius 2 is 1.52 bits per heavy atom. The molecule has 2 aromatic carbocycles. The number of aromatic carboxylic acids is 1. The summed E-state index contributed by atoms with van der Waals surface area (Å²) in [6.45, 7) is 0. The van der Waals surface area contributed by atoms with E-state index in [1.165, 1.54) is 25.3 Å². The molecule has 2 rings (SSSR count). The van der Waals surface area contributed by atoms with Crippen molar-refractivity contribution >= 4 is 75.6 Å². The number of carboxylic acids is 1. The Balaban J connectivity index is 2.59. The van der Waals surface area contributed by atoms with Crippen LogP contribution >= 0.6 is 58.0 Å². The third-order valence-corrected chi connectivity index (χ3v) is 5.16. The lowest BCUT2D eigenvalue weighted by Gasteiger charge is -2.15. The number of methoxy groups -OCH3 is 1. The van der Waals surface area contributed by atoms with E-state index in [-0.39, 0.29) is 26.5 Å². The van der Waals surface area contributed by atoms with Gasteiger partial charge in [-0.25, -0.2) is 4.79 Å². The Bertz CT molecular complexity index is 885. The number of hydrogen-bond acceptors (Lipinski definition) is 3. The second kappa shape index (κ2) is 7.89. The predicted molar refractivity (Wildman–Crippen MR) is 99.4 cm³/mol. The monoisotopic (exact) mass is 441 g/mol. The molecule has 0 saturated carbocycles. The minimum atomic E-state index is -1.49. The van der Waals surface area contributed by atoms with Crippen molar-refractivity contribution in [3.8, 4) is 5.75 Å². The highest BCUT2D eigenvalue weighted by Crippen LogP contribution is 2.42. The minimum absolute atomic E-state index is 0.230. The number of anilines is 1. The number of carbonyl (C=O) groups is 2. The fourth-order valence-corrected chi connectivity index (χ4v) is 3.18. The van der Waals surface area contributed by atoms with Gasteiger partial charge in [-0.3, -0.25) is 4.79 Å². The molecule has 0 bridgehead atoms. The quantitative estimate of drug-likeness (QED) is 0.455. The number of carboxylic acid groups (broad SMARTS) is 1. The normalized spacial score (nSPS) is 10.5. The van der Waals surface area contributed by atoms with E-state index >= 15 is 0 Å². The number of carbonyl (C=O) groups excluding carboxylic acids is 1. The molecule has 2 aromatic rings. The van der Waals surface area contributed by atoms with Crippen LogP contribution in [0.1, 0.15) is 20.7 Å². The first-order chi connectivity index (χ1) is 11.7. The van der Waals surface area contributed by atoms with E-state index in [4.69, 9.17) is 62.7 Å². The number of benzene rings is 2. The molecule has 2 N–H and O–H groups in total. The SMILES string of the molecule is COc1cc(Cl)ccc1NC(=O)c1c(Cl)c(Cl)c(Cl)c(Cl)c1C(=O)O. The Kier molecular flexibility index (Phi) is 6.30. The lowest BCUT2D eigenvalue weighted by atomic mass is 10.1. The van der Waals surface area contributed by atoms with E-state index in [1.807, 2.05) is 0 Å². The summed E-state index contributed by atoms with van der Waals surface area (Å²) in [5, 5.41) is 11.0. The third kappa shape index (κ3) is 3.91. The molecule has 5 nitrogen and oxygen atoms in total. The molecule has 0 aliphatic heterocycles. The number of ether oxygens (including phenoxy) is 1. The van der Waals surface area contributed by atoms with Crippen molar-refractivity contribution < 1.29 is 19.4 Å². The molecule has 0 spiro atoms. The van der Waals surface area contributed by atoms with Gasteiger partial charge in [-0.1, -0.05) is 58.0 Å². The molecule has 132 valence electrons. The molecule has 10 heteroatoms. The van der Waals surface area contributed by atoms with E-state index in [9.17, 15) is 14.7 Å². The summed E-state index contributed by atoms with van der Waals surface area (Å²) >= 11 is 29.6. The molecular formula is C15H8Cl5NO4. The van der Waals surface area contributed by atoms with E-state index < -0.39 is 28.0 Å². The molecular weight excluding hydrogens is 435 g/mol. The average molecular weight is 443 g/mol. The molecule has 0 aliphatic rings. The third-order valence-electron chi connectivity index (χ3n) is 3.12. The van der Waals surface area contributed by atoms with Crippen LogP contribution in [0.4, 0.5) is 5.69 Å². The average Bonchev–Trinajstić information content (AvgIpc) is 2.56. The first-order valence-corrected chi connectivity index (χ1v) is 8.32. The Morgan fingerprint density at radius 1 is 0.960 bits per heavy atom. The largest absolute Gasteiger partial charge is 0.495 e. The van der Waals surface area contributed by atoms with Gasteiger partial charge in [0.1, 0.15) is 5.75 Å². The highest BCUT2D eigenvalue weighted by molar-refractivity contribution is 6.54. The summed E-state index contributed by atoms with van der Waals surface area (Å²) in [7, 11) is 1.38. The second-order valence-electron chi connectivity index (χ2n) is 4.61. The maximum atomic E-state index is 12.6.